The van der Waals surface area contributed by atoms with E-state index in [-0.39, 0.29) is 0 Å². The zero-order chi connectivity index (χ0) is 35.2. The maximum Gasteiger partial charge on any atom is 0.135 e. The van der Waals surface area contributed by atoms with Gasteiger partial charge in [-0.05, 0) is 122 Å². The van der Waals surface area contributed by atoms with Crippen LogP contribution in [0.15, 0.2) is 154 Å². The third-order valence-corrected chi connectivity index (χ3v) is 12.4. The molecule has 0 fully saturated rings. The minimum atomic E-state index is 0.912. The highest BCUT2D eigenvalue weighted by atomic mass is 32.1. The van der Waals surface area contributed by atoms with Gasteiger partial charge in [-0.15, -0.1) is 11.3 Å². The van der Waals surface area contributed by atoms with Crippen LogP contribution < -0.4 is 0 Å². The highest BCUT2D eigenvalue weighted by molar-refractivity contribution is 7.19. The summed E-state index contributed by atoms with van der Waals surface area (Å²) in [6, 6.07) is 50.9. The summed E-state index contributed by atoms with van der Waals surface area (Å²) in [7, 11) is 0. The molecule has 1 aliphatic carbocycles. The van der Waals surface area contributed by atoms with Crippen molar-refractivity contribution < 1.29 is 8.83 Å². The molecular weight excluding hydrogens is 665 g/mol. The lowest BCUT2D eigenvalue weighted by Crippen LogP contribution is -2.00. The van der Waals surface area contributed by atoms with E-state index in [1.165, 1.54) is 85.9 Å². The average molecular weight is 699 g/mol. The third-order valence-electron chi connectivity index (χ3n) is 11.1. The number of rotatable bonds is 4. The van der Waals surface area contributed by atoms with Crippen molar-refractivity contribution in [2.45, 2.75) is 26.7 Å². The fourth-order valence-corrected chi connectivity index (χ4v) is 10.3. The smallest absolute Gasteiger partial charge is 0.135 e. The Hall–Kier alpha value is -6.16. The van der Waals surface area contributed by atoms with E-state index in [1.807, 2.05) is 25.2 Å². The maximum absolute atomic E-state index is 6.29. The molecule has 0 saturated carbocycles. The Balaban J connectivity index is 1.14. The van der Waals surface area contributed by atoms with Gasteiger partial charge in [0.15, 0.2) is 0 Å². The van der Waals surface area contributed by atoms with E-state index in [2.05, 4.69) is 146 Å². The molecule has 0 atom stereocenters. The van der Waals surface area contributed by atoms with Crippen molar-refractivity contribution in [1.29, 1.82) is 0 Å². The van der Waals surface area contributed by atoms with Gasteiger partial charge >= 0.3 is 0 Å². The van der Waals surface area contributed by atoms with Gasteiger partial charge in [0.1, 0.15) is 23.0 Å². The average Bonchev–Trinajstić information content (AvgIpc) is 3.93. The fraction of sp³-hybridized carbons (Fsp3) is 0.0800. The van der Waals surface area contributed by atoms with Crippen LogP contribution in [0.2, 0.25) is 0 Å². The van der Waals surface area contributed by atoms with Crippen molar-refractivity contribution in [2.24, 2.45) is 0 Å². The first-order valence-electron chi connectivity index (χ1n) is 18.4. The topological polar surface area (TPSA) is 26.3 Å². The molecule has 252 valence electrons. The molecular formula is C50H34O2S. The van der Waals surface area contributed by atoms with E-state index in [1.54, 1.807) is 0 Å². The highest BCUT2D eigenvalue weighted by Crippen LogP contribution is 2.50. The molecule has 0 N–H and O–H groups in total. The van der Waals surface area contributed by atoms with Gasteiger partial charge in [-0.25, -0.2) is 0 Å². The first-order chi connectivity index (χ1) is 26.1. The minimum Gasteiger partial charge on any atom is -0.461 e. The Kier molecular flexibility index (Phi) is 6.71. The second kappa shape index (κ2) is 11.7. The summed E-state index contributed by atoms with van der Waals surface area (Å²) in [5, 5.41) is 11.2. The molecule has 2 nitrogen and oxygen atoms in total. The summed E-state index contributed by atoms with van der Waals surface area (Å²) in [5.74, 6) is 3.67. The SMILES string of the molecule is Cc1ccc(-c2c3ccccc3c(C3=CCCc4sc5cc(-c6c7ccccc7c(-c7ccc(C)o7)c7ccccc67)ccc5c43)c3ccccc23)o1. The van der Waals surface area contributed by atoms with Crippen molar-refractivity contribution in [3.05, 3.63) is 173 Å². The number of hydrogen-bond acceptors (Lipinski definition) is 3. The van der Waals surface area contributed by atoms with Gasteiger partial charge in [-0.3, -0.25) is 0 Å². The van der Waals surface area contributed by atoms with Crippen LogP contribution in [0.5, 0.6) is 0 Å². The number of allylic oxidation sites excluding steroid dienone is 1. The first-order valence-corrected chi connectivity index (χ1v) is 19.2. The van der Waals surface area contributed by atoms with E-state index in [9.17, 15) is 0 Å². The van der Waals surface area contributed by atoms with Crippen LogP contribution in [0, 0.1) is 13.8 Å². The summed E-state index contributed by atoms with van der Waals surface area (Å²) in [5.41, 5.74) is 8.87. The van der Waals surface area contributed by atoms with Crippen LogP contribution in [0.25, 0.3) is 92.5 Å². The van der Waals surface area contributed by atoms with E-state index in [0.29, 0.717) is 0 Å². The molecule has 7 aromatic carbocycles. The van der Waals surface area contributed by atoms with Crippen molar-refractivity contribution in [2.75, 3.05) is 0 Å². The van der Waals surface area contributed by atoms with Crippen LogP contribution in [0.4, 0.5) is 0 Å². The van der Waals surface area contributed by atoms with E-state index in [4.69, 9.17) is 8.83 Å². The number of hydrogen-bond donors (Lipinski definition) is 0. The molecule has 0 bridgehead atoms. The number of furan rings is 2. The Morgan fingerprint density at radius 1 is 0.434 bits per heavy atom. The number of benzene rings is 7. The fourth-order valence-electron chi connectivity index (χ4n) is 8.98. The Bertz CT molecular complexity index is 3030. The molecule has 0 aliphatic heterocycles. The Labute approximate surface area is 311 Å². The van der Waals surface area contributed by atoms with Crippen LogP contribution in [-0.4, -0.2) is 0 Å². The lowest BCUT2D eigenvalue weighted by Gasteiger charge is -2.21. The van der Waals surface area contributed by atoms with Crippen LogP contribution in [-0.2, 0) is 6.42 Å². The van der Waals surface area contributed by atoms with Gasteiger partial charge in [0.25, 0.3) is 0 Å². The summed E-state index contributed by atoms with van der Waals surface area (Å²) < 4.78 is 13.9. The van der Waals surface area contributed by atoms with Crippen LogP contribution in [0.3, 0.4) is 0 Å². The summed E-state index contributed by atoms with van der Waals surface area (Å²) in [4.78, 5) is 1.46. The normalized spacial score (nSPS) is 13.1. The lowest BCUT2D eigenvalue weighted by atomic mass is 9.82. The largest absolute Gasteiger partial charge is 0.461 e. The van der Waals surface area contributed by atoms with Crippen LogP contribution in [0.1, 0.15) is 33.9 Å². The van der Waals surface area contributed by atoms with Crippen LogP contribution >= 0.6 is 11.3 Å². The molecule has 0 unspecified atom stereocenters. The highest BCUT2D eigenvalue weighted by Gasteiger charge is 2.26. The Morgan fingerprint density at radius 2 is 0.887 bits per heavy atom. The predicted molar refractivity (Wildman–Crippen MR) is 224 cm³/mol. The molecule has 0 spiro atoms. The quantitative estimate of drug-likeness (QED) is 0.171. The molecule has 0 saturated heterocycles. The van der Waals surface area contributed by atoms with E-state index < -0.39 is 0 Å². The zero-order valence-electron chi connectivity index (χ0n) is 29.5. The van der Waals surface area contributed by atoms with Gasteiger partial charge in [0.2, 0.25) is 0 Å². The summed E-state index contributed by atoms with van der Waals surface area (Å²) >= 11 is 1.96. The van der Waals surface area contributed by atoms with Gasteiger partial charge in [-0.2, -0.15) is 0 Å². The molecule has 3 heterocycles. The molecule has 0 amide bonds. The Morgan fingerprint density at radius 3 is 1.34 bits per heavy atom. The second-order valence-electron chi connectivity index (χ2n) is 14.3. The number of thiophene rings is 1. The van der Waals surface area contributed by atoms with E-state index in [0.717, 1.165) is 47.0 Å². The second-order valence-corrected chi connectivity index (χ2v) is 15.4. The summed E-state index contributed by atoms with van der Waals surface area (Å²) in [6.07, 6.45) is 4.56. The molecule has 10 aromatic rings. The zero-order valence-corrected chi connectivity index (χ0v) is 30.3. The minimum absolute atomic E-state index is 0.912. The van der Waals surface area contributed by atoms with Gasteiger partial charge < -0.3 is 8.83 Å². The molecule has 1 aliphatic rings. The van der Waals surface area contributed by atoms with Crippen molar-refractivity contribution in [3.8, 4) is 33.8 Å². The molecule has 0 radical (unpaired) electrons. The standard InChI is InChI=1S/C50H34O2S/c1-29-22-26-42(51-29)48-36-16-7-3-12-32(36)46(33-13-4-8-17-37(33)48)31-24-25-40-45(28-31)53-44-21-11-20-41(50(40)44)47-34-14-5-9-18-38(34)49(43-27-23-30(2)52-43)39-19-10-6-15-35(39)47/h3-10,12-20,22-28H,11,21H2,1-2H3. The summed E-state index contributed by atoms with van der Waals surface area (Å²) in [6.45, 7) is 4.03. The molecule has 3 heteroatoms. The molecule has 3 aromatic heterocycles. The van der Waals surface area contributed by atoms with Crippen molar-refractivity contribution in [3.63, 3.8) is 0 Å². The lowest BCUT2D eigenvalue weighted by molar-refractivity contribution is 0.549. The first kappa shape index (κ1) is 30.5. The van der Waals surface area contributed by atoms with E-state index >= 15 is 0 Å². The molecule has 11 rings (SSSR count). The molecule has 53 heavy (non-hydrogen) atoms. The third kappa shape index (κ3) is 4.57. The van der Waals surface area contributed by atoms with Crippen molar-refractivity contribution in [1.82, 2.24) is 0 Å². The van der Waals surface area contributed by atoms with Crippen molar-refractivity contribution >= 4 is 70.1 Å². The maximum atomic E-state index is 6.29. The monoisotopic (exact) mass is 698 g/mol. The van der Waals surface area contributed by atoms with Gasteiger partial charge in [0.05, 0.1) is 0 Å². The number of fused-ring (bicyclic) bond motifs is 7. The van der Waals surface area contributed by atoms with Gasteiger partial charge in [-0.1, -0.05) is 115 Å². The van der Waals surface area contributed by atoms with Gasteiger partial charge in [0, 0.05) is 31.7 Å². The number of aryl methyl sites for hydroxylation is 3. The predicted octanol–water partition coefficient (Wildman–Crippen LogP) is 14.7.